The standard InChI is InChI=1S/C13H15BrN4/c1-3-10-5-4-6-15-11(10)8-16-13-7-12(14)17-9(2)18-13/h4-7H,3,8H2,1-2H3,(H,16,17,18). The lowest BCUT2D eigenvalue weighted by Crippen LogP contribution is -2.07. The zero-order chi connectivity index (χ0) is 13.0. The third-order valence-electron chi connectivity index (χ3n) is 2.61. The average Bonchev–Trinajstić information content (AvgIpc) is 2.35. The minimum Gasteiger partial charge on any atom is -0.364 e. The third kappa shape index (κ3) is 3.26. The molecule has 2 aromatic heterocycles. The van der Waals surface area contributed by atoms with Crippen LogP contribution in [0.25, 0.3) is 0 Å². The summed E-state index contributed by atoms with van der Waals surface area (Å²) in [5.41, 5.74) is 2.32. The Labute approximate surface area is 115 Å². The molecule has 0 aliphatic carbocycles. The first-order chi connectivity index (χ1) is 8.69. The van der Waals surface area contributed by atoms with Gasteiger partial charge in [0.05, 0.1) is 12.2 Å². The number of aryl methyl sites for hydroxylation is 2. The number of anilines is 1. The van der Waals surface area contributed by atoms with Crippen LogP contribution in [0.5, 0.6) is 0 Å². The molecule has 4 nitrogen and oxygen atoms in total. The van der Waals surface area contributed by atoms with Crippen molar-refractivity contribution in [3.05, 3.63) is 46.1 Å². The Hall–Kier alpha value is -1.49. The van der Waals surface area contributed by atoms with Crippen molar-refractivity contribution < 1.29 is 0 Å². The molecule has 0 unspecified atom stereocenters. The molecule has 0 bridgehead atoms. The minimum atomic E-state index is 0.674. The Morgan fingerprint density at radius 1 is 1.33 bits per heavy atom. The first-order valence-electron chi connectivity index (χ1n) is 5.87. The van der Waals surface area contributed by atoms with Crippen LogP contribution < -0.4 is 5.32 Å². The minimum absolute atomic E-state index is 0.674. The lowest BCUT2D eigenvalue weighted by atomic mass is 10.1. The molecule has 0 spiro atoms. The Balaban J connectivity index is 2.11. The molecule has 0 amide bonds. The predicted octanol–water partition coefficient (Wildman–Crippen LogP) is 3.12. The second kappa shape index (κ2) is 5.91. The van der Waals surface area contributed by atoms with Gasteiger partial charge in [-0.25, -0.2) is 9.97 Å². The van der Waals surface area contributed by atoms with Crippen molar-refractivity contribution in [1.82, 2.24) is 15.0 Å². The van der Waals surface area contributed by atoms with E-state index in [2.05, 4.69) is 49.2 Å². The Kier molecular flexibility index (Phi) is 4.25. The molecule has 0 atom stereocenters. The summed E-state index contributed by atoms with van der Waals surface area (Å²) in [7, 11) is 0. The van der Waals surface area contributed by atoms with Gasteiger partial charge in [-0.2, -0.15) is 0 Å². The van der Waals surface area contributed by atoms with Crippen LogP contribution in [0.2, 0.25) is 0 Å². The van der Waals surface area contributed by atoms with E-state index >= 15 is 0 Å². The first-order valence-corrected chi connectivity index (χ1v) is 6.66. The van der Waals surface area contributed by atoms with Crippen molar-refractivity contribution in [2.75, 3.05) is 5.32 Å². The van der Waals surface area contributed by atoms with Gasteiger partial charge in [-0.05, 0) is 40.9 Å². The number of nitrogens with one attached hydrogen (secondary N) is 1. The van der Waals surface area contributed by atoms with E-state index in [-0.39, 0.29) is 0 Å². The molecule has 18 heavy (non-hydrogen) atoms. The average molecular weight is 307 g/mol. The lowest BCUT2D eigenvalue weighted by Gasteiger charge is -2.09. The molecular formula is C13H15BrN4. The maximum Gasteiger partial charge on any atom is 0.131 e. The number of halogens is 1. The van der Waals surface area contributed by atoms with Gasteiger partial charge in [0.2, 0.25) is 0 Å². The van der Waals surface area contributed by atoms with E-state index in [1.807, 2.05) is 25.3 Å². The van der Waals surface area contributed by atoms with Gasteiger partial charge in [0.15, 0.2) is 0 Å². The molecule has 0 aliphatic heterocycles. The van der Waals surface area contributed by atoms with Crippen LogP contribution in [0.4, 0.5) is 5.82 Å². The van der Waals surface area contributed by atoms with Gasteiger partial charge in [-0.1, -0.05) is 13.0 Å². The van der Waals surface area contributed by atoms with Crippen LogP contribution in [0.15, 0.2) is 29.0 Å². The van der Waals surface area contributed by atoms with E-state index in [4.69, 9.17) is 0 Å². The molecule has 0 saturated carbocycles. The normalized spacial score (nSPS) is 10.4. The molecule has 2 heterocycles. The van der Waals surface area contributed by atoms with Gasteiger partial charge < -0.3 is 5.32 Å². The quantitative estimate of drug-likeness (QED) is 0.882. The van der Waals surface area contributed by atoms with E-state index in [1.54, 1.807) is 0 Å². The molecule has 94 valence electrons. The van der Waals surface area contributed by atoms with Crippen molar-refractivity contribution in [1.29, 1.82) is 0 Å². The molecule has 0 aromatic carbocycles. The molecule has 5 heteroatoms. The second-order valence-electron chi connectivity index (χ2n) is 3.94. The Morgan fingerprint density at radius 2 is 2.17 bits per heavy atom. The molecule has 0 aliphatic rings. The molecule has 2 aromatic rings. The van der Waals surface area contributed by atoms with Gasteiger partial charge in [-0.3, -0.25) is 4.98 Å². The summed E-state index contributed by atoms with van der Waals surface area (Å²) >= 11 is 3.36. The monoisotopic (exact) mass is 306 g/mol. The molecule has 2 rings (SSSR count). The lowest BCUT2D eigenvalue weighted by molar-refractivity contribution is 0.950. The van der Waals surface area contributed by atoms with Crippen LogP contribution in [-0.4, -0.2) is 15.0 Å². The molecule has 0 saturated heterocycles. The Morgan fingerprint density at radius 3 is 2.89 bits per heavy atom. The van der Waals surface area contributed by atoms with Crippen molar-refractivity contribution >= 4 is 21.7 Å². The molecular weight excluding hydrogens is 292 g/mol. The largest absolute Gasteiger partial charge is 0.364 e. The van der Waals surface area contributed by atoms with Crippen molar-refractivity contribution in [3.63, 3.8) is 0 Å². The summed E-state index contributed by atoms with van der Waals surface area (Å²) in [6, 6.07) is 5.93. The van der Waals surface area contributed by atoms with Crippen molar-refractivity contribution in [2.45, 2.75) is 26.8 Å². The van der Waals surface area contributed by atoms with Crippen molar-refractivity contribution in [2.24, 2.45) is 0 Å². The highest BCUT2D eigenvalue weighted by molar-refractivity contribution is 9.10. The van der Waals surface area contributed by atoms with E-state index in [0.717, 1.165) is 28.4 Å². The van der Waals surface area contributed by atoms with Crippen molar-refractivity contribution in [3.8, 4) is 0 Å². The van der Waals surface area contributed by atoms with Gasteiger partial charge in [0, 0.05) is 12.3 Å². The summed E-state index contributed by atoms with van der Waals surface area (Å²) in [6.45, 7) is 4.67. The van der Waals surface area contributed by atoms with E-state index in [1.165, 1.54) is 5.56 Å². The number of hydrogen-bond donors (Lipinski definition) is 1. The topological polar surface area (TPSA) is 50.7 Å². The molecule has 0 fully saturated rings. The highest BCUT2D eigenvalue weighted by Crippen LogP contribution is 2.14. The fraction of sp³-hybridized carbons (Fsp3) is 0.308. The van der Waals surface area contributed by atoms with Crippen LogP contribution in [-0.2, 0) is 13.0 Å². The number of hydrogen-bond acceptors (Lipinski definition) is 4. The predicted molar refractivity (Wildman–Crippen MR) is 75.4 cm³/mol. The third-order valence-corrected chi connectivity index (χ3v) is 3.02. The number of nitrogens with zero attached hydrogens (tertiary/aromatic N) is 3. The van der Waals surface area contributed by atoms with Crippen LogP contribution >= 0.6 is 15.9 Å². The smallest absolute Gasteiger partial charge is 0.131 e. The van der Waals surface area contributed by atoms with Gasteiger partial charge in [0.25, 0.3) is 0 Å². The molecule has 1 N–H and O–H groups in total. The highest BCUT2D eigenvalue weighted by atomic mass is 79.9. The number of pyridine rings is 1. The highest BCUT2D eigenvalue weighted by Gasteiger charge is 2.03. The van der Waals surface area contributed by atoms with Crippen LogP contribution in [0, 0.1) is 6.92 Å². The summed E-state index contributed by atoms with van der Waals surface area (Å²) in [5, 5.41) is 3.27. The van der Waals surface area contributed by atoms with Crippen LogP contribution in [0.1, 0.15) is 24.0 Å². The fourth-order valence-electron chi connectivity index (χ4n) is 1.75. The van der Waals surface area contributed by atoms with E-state index in [0.29, 0.717) is 6.54 Å². The SMILES string of the molecule is CCc1cccnc1CNc1cc(Br)nc(C)n1. The zero-order valence-electron chi connectivity index (χ0n) is 10.4. The van der Waals surface area contributed by atoms with E-state index < -0.39 is 0 Å². The fourth-order valence-corrected chi connectivity index (χ4v) is 2.22. The van der Waals surface area contributed by atoms with Gasteiger partial charge in [0.1, 0.15) is 16.2 Å². The van der Waals surface area contributed by atoms with Gasteiger partial charge in [-0.15, -0.1) is 0 Å². The number of rotatable bonds is 4. The molecule has 0 radical (unpaired) electrons. The van der Waals surface area contributed by atoms with E-state index in [9.17, 15) is 0 Å². The maximum atomic E-state index is 4.39. The first kappa shape index (κ1) is 13.0. The Bertz CT molecular complexity index is 522. The summed E-state index contributed by atoms with van der Waals surface area (Å²) in [6.07, 6.45) is 2.80. The van der Waals surface area contributed by atoms with Crippen LogP contribution in [0.3, 0.4) is 0 Å². The summed E-state index contributed by atoms with van der Waals surface area (Å²) in [5.74, 6) is 1.55. The summed E-state index contributed by atoms with van der Waals surface area (Å²) in [4.78, 5) is 12.9. The number of aromatic nitrogens is 3. The van der Waals surface area contributed by atoms with Gasteiger partial charge >= 0.3 is 0 Å². The summed E-state index contributed by atoms with van der Waals surface area (Å²) < 4.78 is 0.786. The zero-order valence-corrected chi connectivity index (χ0v) is 12.0. The second-order valence-corrected chi connectivity index (χ2v) is 4.75. The maximum absolute atomic E-state index is 4.39.